The van der Waals surface area contributed by atoms with E-state index in [4.69, 9.17) is 0 Å². The molecule has 2 aromatic rings. The molecule has 72 valence electrons. The number of benzene rings is 2. The fourth-order valence-electron chi connectivity index (χ4n) is 0.955. The fourth-order valence-corrected chi connectivity index (χ4v) is 0.955. The predicted molar refractivity (Wildman–Crippen MR) is 57.1 cm³/mol. The van der Waals surface area contributed by atoms with Crippen molar-refractivity contribution < 1.29 is 34.7 Å². The normalized spacial score (nSPS) is 8.07. The minimum absolute atomic E-state index is 0. The molecule has 0 aliphatic heterocycles. The minimum atomic E-state index is 0. The Hall–Kier alpha value is -0.760. The van der Waals surface area contributed by atoms with Gasteiger partial charge in [-0.15, -0.1) is 5.75 Å². The number of hydrogen-bond acceptors (Lipinski definition) is 1. The molecule has 0 fully saturated rings. The van der Waals surface area contributed by atoms with Crippen molar-refractivity contribution >= 4 is 0 Å². The predicted octanol–water partition coefficient (Wildman–Crippen LogP) is -0.241. The zero-order valence-corrected chi connectivity index (χ0v) is 11.2. The van der Waals surface area contributed by atoms with Gasteiger partial charge in [0.15, 0.2) is 0 Å². The van der Waals surface area contributed by atoms with Gasteiger partial charge in [-0.2, -0.15) is 0 Å². The maximum Gasteiger partial charge on any atom is 1.00 e. The summed E-state index contributed by atoms with van der Waals surface area (Å²) in [6.45, 7) is 2.08. The van der Waals surface area contributed by atoms with Crippen molar-refractivity contribution in [3.8, 4) is 5.75 Å². The summed E-state index contributed by atoms with van der Waals surface area (Å²) in [6.07, 6.45) is 0. The van der Waals surface area contributed by atoms with Crippen molar-refractivity contribution in [3.05, 3.63) is 66.2 Å². The molecular weight excluding hydrogens is 195 g/mol. The summed E-state index contributed by atoms with van der Waals surface area (Å²) >= 11 is 0. The van der Waals surface area contributed by atoms with Gasteiger partial charge < -0.3 is 5.11 Å². The van der Waals surface area contributed by atoms with E-state index in [0.29, 0.717) is 0 Å². The molecule has 1 nitrogen and oxygen atoms in total. The minimum Gasteiger partial charge on any atom is -0.872 e. The van der Waals surface area contributed by atoms with Crippen molar-refractivity contribution in [1.29, 1.82) is 0 Å². The Labute approximate surface area is 113 Å². The van der Waals surface area contributed by atoms with Crippen LogP contribution >= 0.6 is 0 Å². The molecule has 0 radical (unpaired) electrons. The molecule has 0 saturated carbocycles. The SMILES string of the molecule is Cc1ccccc1.[Na+].[O-]c1ccccc1. The van der Waals surface area contributed by atoms with E-state index in [2.05, 4.69) is 19.1 Å². The zero-order chi connectivity index (χ0) is 10.2. The van der Waals surface area contributed by atoms with Gasteiger partial charge >= 0.3 is 29.6 Å². The van der Waals surface area contributed by atoms with Crippen molar-refractivity contribution in [2.75, 3.05) is 0 Å². The molecule has 0 atom stereocenters. The van der Waals surface area contributed by atoms with E-state index in [-0.39, 0.29) is 35.3 Å². The van der Waals surface area contributed by atoms with E-state index in [1.54, 1.807) is 12.1 Å². The van der Waals surface area contributed by atoms with Gasteiger partial charge in [0.05, 0.1) is 0 Å². The number of para-hydroxylation sites is 1. The van der Waals surface area contributed by atoms with E-state index in [1.807, 2.05) is 24.3 Å². The van der Waals surface area contributed by atoms with E-state index in [1.165, 1.54) is 17.7 Å². The largest absolute Gasteiger partial charge is 1.00 e. The molecule has 2 heteroatoms. The first-order valence-corrected chi connectivity index (χ1v) is 4.53. The van der Waals surface area contributed by atoms with Crippen LogP contribution in [0.4, 0.5) is 0 Å². The zero-order valence-electron chi connectivity index (χ0n) is 9.18. The smallest absolute Gasteiger partial charge is 0.872 e. The van der Waals surface area contributed by atoms with Gasteiger partial charge in [-0.05, 0) is 6.92 Å². The van der Waals surface area contributed by atoms with Gasteiger partial charge in [0, 0.05) is 0 Å². The average molecular weight is 208 g/mol. The molecule has 15 heavy (non-hydrogen) atoms. The van der Waals surface area contributed by atoms with E-state index < -0.39 is 0 Å². The van der Waals surface area contributed by atoms with Gasteiger partial charge in [0.2, 0.25) is 0 Å². The number of rotatable bonds is 0. The Morgan fingerprint density at radius 3 is 1.33 bits per heavy atom. The Morgan fingerprint density at radius 1 is 0.733 bits per heavy atom. The standard InChI is InChI=1S/C7H8.C6H6O.Na/c1-7-5-3-2-4-6-7;7-6-4-2-1-3-5-6;/h2-6H,1H3;1-5,7H;/q;;+1/p-1. The second-order valence-electron chi connectivity index (χ2n) is 2.97. The van der Waals surface area contributed by atoms with Crippen LogP contribution in [0.3, 0.4) is 0 Å². The van der Waals surface area contributed by atoms with Crippen LogP contribution < -0.4 is 34.7 Å². The topological polar surface area (TPSA) is 23.1 Å². The van der Waals surface area contributed by atoms with Crippen LogP contribution in [-0.2, 0) is 0 Å². The second kappa shape index (κ2) is 8.54. The van der Waals surface area contributed by atoms with Crippen molar-refractivity contribution in [2.45, 2.75) is 6.92 Å². The number of hydrogen-bond donors (Lipinski definition) is 0. The summed E-state index contributed by atoms with van der Waals surface area (Å²) in [4.78, 5) is 0. The van der Waals surface area contributed by atoms with Crippen LogP contribution in [0.5, 0.6) is 5.75 Å². The van der Waals surface area contributed by atoms with Crippen molar-refractivity contribution in [2.24, 2.45) is 0 Å². The third-order valence-electron chi connectivity index (χ3n) is 1.68. The van der Waals surface area contributed by atoms with Gasteiger partial charge in [-0.3, -0.25) is 0 Å². The third kappa shape index (κ3) is 7.20. The molecule has 0 heterocycles. The molecule has 0 bridgehead atoms. The van der Waals surface area contributed by atoms with E-state index in [9.17, 15) is 5.11 Å². The molecular formula is C13H13NaO. The summed E-state index contributed by atoms with van der Waals surface area (Å²) < 4.78 is 0. The van der Waals surface area contributed by atoms with Crippen LogP contribution in [0, 0.1) is 6.92 Å². The summed E-state index contributed by atoms with van der Waals surface area (Å²) in [5.41, 5.74) is 1.32. The molecule has 0 N–H and O–H groups in total. The van der Waals surface area contributed by atoms with Crippen molar-refractivity contribution in [3.63, 3.8) is 0 Å². The van der Waals surface area contributed by atoms with Gasteiger partial charge in [0.1, 0.15) is 0 Å². The second-order valence-corrected chi connectivity index (χ2v) is 2.97. The average Bonchev–Trinajstić information content (AvgIpc) is 2.21. The monoisotopic (exact) mass is 208 g/mol. The fraction of sp³-hybridized carbons (Fsp3) is 0.0769. The Kier molecular flexibility index (Phi) is 8.11. The summed E-state index contributed by atoms with van der Waals surface area (Å²) in [5, 5.41) is 10.3. The molecule has 0 amide bonds. The molecule has 2 rings (SSSR count). The molecule has 2 aromatic carbocycles. The van der Waals surface area contributed by atoms with Crippen LogP contribution in [0.2, 0.25) is 0 Å². The molecule has 0 spiro atoms. The first kappa shape index (κ1) is 14.2. The number of aryl methyl sites for hydroxylation is 1. The van der Waals surface area contributed by atoms with Gasteiger partial charge in [-0.1, -0.05) is 66.2 Å². The van der Waals surface area contributed by atoms with Crippen LogP contribution in [0.1, 0.15) is 5.56 Å². The van der Waals surface area contributed by atoms with Gasteiger partial charge in [-0.25, -0.2) is 0 Å². The van der Waals surface area contributed by atoms with Crippen LogP contribution in [0.25, 0.3) is 0 Å². The van der Waals surface area contributed by atoms with Crippen LogP contribution in [0.15, 0.2) is 60.7 Å². The first-order chi connectivity index (χ1) is 6.79. The third-order valence-corrected chi connectivity index (χ3v) is 1.68. The maximum atomic E-state index is 10.3. The quantitative estimate of drug-likeness (QED) is 0.548. The summed E-state index contributed by atoms with van der Waals surface area (Å²) in [5.74, 6) is 0.0718. The summed E-state index contributed by atoms with van der Waals surface area (Å²) in [6, 6.07) is 18.6. The molecule has 0 saturated heterocycles. The Morgan fingerprint density at radius 2 is 1.13 bits per heavy atom. The molecule has 0 aliphatic rings. The molecule has 0 aromatic heterocycles. The maximum absolute atomic E-state index is 10.3. The Bertz CT molecular complexity index is 308. The van der Waals surface area contributed by atoms with E-state index >= 15 is 0 Å². The van der Waals surface area contributed by atoms with Crippen LogP contribution in [-0.4, -0.2) is 0 Å². The Balaban J connectivity index is 0.000000245. The molecule has 0 aliphatic carbocycles. The summed E-state index contributed by atoms with van der Waals surface area (Å²) in [7, 11) is 0. The molecule has 0 unspecified atom stereocenters. The van der Waals surface area contributed by atoms with E-state index in [0.717, 1.165) is 0 Å². The first-order valence-electron chi connectivity index (χ1n) is 4.53. The van der Waals surface area contributed by atoms with Gasteiger partial charge in [0.25, 0.3) is 0 Å². The van der Waals surface area contributed by atoms with Crippen molar-refractivity contribution in [1.82, 2.24) is 0 Å².